The second kappa shape index (κ2) is 7.32. The van der Waals surface area contributed by atoms with Gasteiger partial charge in [-0.15, -0.1) is 0 Å². The van der Waals surface area contributed by atoms with Gasteiger partial charge in [-0.05, 0) is 37.6 Å². The second-order valence-electron chi connectivity index (χ2n) is 3.15. The maximum atomic E-state index is 11.6. The van der Waals surface area contributed by atoms with Crippen LogP contribution in [0.4, 0.5) is 0 Å². The number of hydrogen-bond acceptors (Lipinski definition) is 4. The van der Waals surface area contributed by atoms with Gasteiger partial charge in [-0.25, -0.2) is 0 Å². The highest BCUT2D eigenvalue weighted by Gasteiger charge is 2.13. The van der Waals surface area contributed by atoms with Crippen molar-refractivity contribution in [3.05, 3.63) is 23.1 Å². The van der Waals surface area contributed by atoms with Gasteiger partial charge in [-0.3, -0.25) is 4.79 Å². The number of nitrogens with one attached hydrogen (secondary N) is 1. The minimum Gasteiger partial charge on any atom is -0.440 e. The summed E-state index contributed by atoms with van der Waals surface area (Å²) < 4.78 is 15.5. The quantitative estimate of drug-likeness (QED) is 0.764. The van der Waals surface area contributed by atoms with Gasteiger partial charge in [0.15, 0.2) is 17.3 Å². The Labute approximate surface area is 105 Å². The van der Waals surface area contributed by atoms with E-state index < -0.39 is 6.29 Å². The minimum atomic E-state index is -0.445. The van der Waals surface area contributed by atoms with Gasteiger partial charge in [0, 0.05) is 13.2 Å². The zero-order valence-corrected chi connectivity index (χ0v) is 10.6. The number of hydrogen-bond donors (Lipinski definition) is 1. The molecule has 0 aliphatic rings. The Morgan fingerprint density at radius 1 is 1.41 bits per heavy atom. The molecule has 0 radical (unpaired) electrons. The van der Waals surface area contributed by atoms with Crippen molar-refractivity contribution in [2.75, 3.05) is 19.8 Å². The largest absolute Gasteiger partial charge is 0.440 e. The average Bonchev–Trinajstić information content (AvgIpc) is 2.73. The molecule has 0 saturated carbocycles. The van der Waals surface area contributed by atoms with E-state index >= 15 is 0 Å². The molecule has 1 amide bonds. The van der Waals surface area contributed by atoms with Crippen molar-refractivity contribution in [1.82, 2.24) is 5.32 Å². The lowest BCUT2D eigenvalue weighted by molar-refractivity contribution is -0.131. The number of carbonyl (C=O) groups is 1. The Morgan fingerprint density at radius 3 is 2.53 bits per heavy atom. The normalized spacial score (nSPS) is 10.8. The number of ether oxygens (including phenoxy) is 2. The first-order chi connectivity index (χ1) is 8.17. The summed E-state index contributed by atoms with van der Waals surface area (Å²) in [6.07, 6.45) is -0.445. The first-order valence-electron chi connectivity index (χ1n) is 5.44. The monoisotopic (exact) mass is 261 g/mol. The van der Waals surface area contributed by atoms with Crippen molar-refractivity contribution in [3.63, 3.8) is 0 Å². The summed E-state index contributed by atoms with van der Waals surface area (Å²) >= 11 is 5.57. The van der Waals surface area contributed by atoms with Crippen LogP contribution in [0.2, 0.25) is 5.22 Å². The standard InChI is InChI=1S/C11H16ClNO4/c1-3-15-10(16-4-2)7-13-11(14)8-5-6-9(12)17-8/h5-6,10H,3-4,7H2,1-2H3,(H,13,14). The minimum absolute atomic E-state index is 0.168. The van der Waals surface area contributed by atoms with E-state index in [0.717, 1.165) is 0 Å². The molecule has 0 aliphatic carbocycles. The summed E-state index contributed by atoms with van der Waals surface area (Å²) in [5, 5.41) is 2.82. The van der Waals surface area contributed by atoms with E-state index in [9.17, 15) is 4.79 Å². The molecule has 0 saturated heterocycles. The average molecular weight is 262 g/mol. The van der Waals surface area contributed by atoms with E-state index in [2.05, 4.69) is 5.32 Å². The van der Waals surface area contributed by atoms with Crippen LogP contribution in [0.15, 0.2) is 16.5 Å². The van der Waals surface area contributed by atoms with Crippen molar-refractivity contribution >= 4 is 17.5 Å². The van der Waals surface area contributed by atoms with Gasteiger partial charge in [-0.1, -0.05) is 0 Å². The third-order valence-corrected chi connectivity index (χ3v) is 2.13. The molecule has 0 bridgehead atoms. The Kier molecular flexibility index (Phi) is 6.04. The smallest absolute Gasteiger partial charge is 0.287 e. The number of halogens is 1. The Hall–Kier alpha value is -1.04. The van der Waals surface area contributed by atoms with Crippen LogP contribution in [-0.2, 0) is 9.47 Å². The Morgan fingerprint density at radius 2 is 2.06 bits per heavy atom. The van der Waals surface area contributed by atoms with Crippen LogP contribution in [0.3, 0.4) is 0 Å². The summed E-state index contributed by atoms with van der Waals surface area (Å²) in [5.41, 5.74) is 0. The lowest BCUT2D eigenvalue weighted by Crippen LogP contribution is -2.35. The predicted octanol–water partition coefficient (Wildman–Crippen LogP) is 2.06. The lowest BCUT2D eigenvalue weighted by atomic mass is 10.4. The highest BCUT2D eigenvalue weighted by molar-refractivity contribution is 6.29. The molecule has 0 spiro atoms. The van der Waals surface area contributed by atoms with E-state index in [1.807, 2.05) is 13.8 Å². The Balaban J connectivity index is 2.40. The molecular formula is C11H16ClNO4. The molecule has 17 heavy (non-hydrogen) atoms. The molecule has 0 fully saturated rings. The van der Waals surface area contributed by atoms with Crippen molar-refractivity contribution in [1.29, 1.82) is 0 Å². The molecule has 5 nitrogen and oxygen atoms in total. The summed E-state index contributed by atoms with van der Waals surface area (Å²) in [7, 11) is 0. The van der Waals surface area contributed by atoms with Gasteiger partial charge >= 0.3 is 0 Å². The fourth-order valence-corrected chi connectivity index (χ4v) is 1.38. The van der Waals surface area contributed by atoms with Crippen LogP contribution in [0.5, 0.6) is 0 Å². The number of rotatable bonds is 7. The van der Waals surface area contributed by atoms with Gasteiger partial charge in [0.1, 0.15) is 0 Å². The van der Waals surface area contributed by atoms with Gasteiger partial charge < -0.3 is 19.2 Å². The van der Waals surface area contributed by atoms with Gasteiger partial charge in [0.05, 0.1) is 6.54 Å². The fraction of sp³-hybridized carbons (Fsp3) is 0.545. The van der Waals surface area contributed by atoms with Crippen LogP contribution in [0.1, 0.15) is 24.4 Å². The van der Waals surface area contributed by atoms with Crippen LogP contribution >= 0.6 is 11.6 Å². The van der Waals surface area contributed by atoms with E-state index in [-0.39, 0.29) is 23.4 Å². The van der Waals surface area contributed by atoms with Crippen LogP contribution < -0.4 is 5.32 Å². The molecule has 1 heterocycles. The number of amides is 1. The van der Waals surface area contributed by atoms with Crippen LogP contribution in [-0.4, -0.2) is 32.0 Å². The van der Waals surface area contributed by atoms with E-state index in [1.54, 1.807) is 0 Å². The molecule has 1 aromatic heterocycles. The summed E-state index contributed by atoms with van der Waals surface area (Å²) in [5.74, 6) is -0.178. The molecule has 1 rings (SSSR count). The molecule has 0 unspecified atom stereocenters. The van der Waals surface area contributed by atoms with Crippen molar-refractivity contribution in [2.45, 2.75) is 20.1 Å². The number of furan rings is 1. The fourth-order valence-electron chi connectivity index (χ4n) is 1.24. The molecular weight excluding hydrogens is 246 g/mol. The van der Waals surface area contributed by atoms with Gasteiger partial charge in [0.25, 0.3) is 5.91 Å². The summed E-state index contributed by atoms with van der Waals surface area (Å²) in [6, 6.07) is 3.02. The highest BCUT2D eigenvalue weighted by atomic mass is 35.5. The molecule has 1 N–H and O–H groups in total. The lowest BCUT2D eigenvalue weighted by Gasteiger charge is -2.16. The summed E-state index contributed by atoms with van der Waals surface area (Å²) in [4.78, 5) is 11.6. The van der Waals surface area contributed by atoms with Gasteiger partial charge in [0.2, 0.25) is 0 Å². The first-order valence-corrected chi connectivity index (χ1v) is 5.81. The first kappa shape index (κ1) is 14.0. The van der Waals surface area contributed by atoms with Crippen molar-refractivity contribution in [3.8, 4) is 0 Å². The molecule has 6 heteroatoms. The number of carbonyl (C=O) groups excluding carboxylic acids is 1. The van der Waals surface area contributed by atoms with E-state index in [1.165, 1.54) is 12.1 Å². The third kappa shape index (κ3) is 4.77. The molecule has 0 aliphatic heterocycles. The zero-order chi connectivity index (χ0) is 12.7. The van der Waals surface area contributed by atoms with E-state index in [0.29, 0.717) is 13.2 Å². The van der Waals surface area contributed by atoms with Crippen LogP contribution in [0.25, 0.3) is 0 Å². The second-order valence-corrected chi connectivity index (χ2v) is 3.53. The SMILES string of the molecule is CCOC(CNC(=O)c1ccc(Cl)o1)OCC. The maximum Gasteiger partial charge on any atom is 0.287 e. The Bertz CT molecular complexity index is 347. The predicted molar refractivity (Wildman–Crippen MR) is 63.1 cm³/mol. The maximum absolute atomic E-state index is 11.6. The molecule has 96 valence electrons. The van der Waals surface area contributed by atoms with E-state index in [4.69, 9.17) is 25.5 Å². The molecule has 0 aromatic carbocycles. The summed E-state index contributed by atoms with van der Waals surface area (Å²) in [6.45, 7) is 5.03. The molecule has 0 atom stereocenters. The molecule has 1 aromatic rings. The third-order valence-electron chi connectivity index (χ3n) is 1.93. The van der Waals surface area contributed by atoms with Gasteiger partial charge in [-0.2, -0.15) is 0 Å². The highest BCUT2D eigenvalue weighted by Crippen LogP contribution is 2.12. The van der Waals surface area contributed by atoms with Crippen LogP contribution in [0, 0.1) is 0 Å². The zero-order valence-electron chi connectivity index (χ0n) is 9.86. The topological polar surface area (TPSA) is 60.7 Å². The van der Waals surface area contributed by atoms with Crippen molar-refractivity contribution < 1.29 is 18.7 Å². The van der Waals surface area contributed by atoms with Crippen molar-refractivity contribution in [2.24, 2.45) is 0 Å².